The molecule has 22 heavy (non-hydrogen) atoms. The van der Waals surface area contributed by atoms with E-state index in [1.807, 2.05) is 20.8 Å². The Morgan fingerprint density at radius 3 is 2.27 bits per heavy atom. The van der Waals surface area contributed by atoms with Crippen molar-refractivity contribution in [1.29, 1.82) is 0 Å². The number of alkyl carbamates (subject to hydrolysis) is 1. The molecule has 0 bridgehead atoms. The van der Waals surface area contributed by atoms with Gasteiger partial charge >= 0.3 is 6.09 Å². The van der Waals surface area contributed by atoms with Gasteiger partial charge in [0.25, 0.3) is 0 Å². The van der Waals surface area contributed by atoms with Crippen LogP contribution in [0.4, 0.5) is 4.79 Å². The fourth-order valence-electron chi connectivity index (χ4n) is 3.30. The SMILES string of the molecule is CCN(C1CC(O)CCC1NC(=O)OC(C)(C)C)C(C)(C)C. The zero-order valence-corrected chi connectivity index (χ0v) is 15.3. The Labute approximate surface area is 135 Å². The summed E-state index contributed by atoms with van der Waals surface area (Å²) in [5, 5.41) is 13.1. The lowest BCUT2D eigenvalue weighted by Gasteiger charge is -2.47. The van der Waals surface area contributed by atoms with Gasteiger partial charge in [0, 0.05) is 17.6 Å². The van der Waals surface area contributed by atoms with Gasteiger partial charge in [-0.2, -0.15) is 0 Å². The lowest BCUT2D eigenvalue weighted by molar-refractivity contribution is -0.00487. The minimum Gasteiger partial charge on any atom is -0.444 e. The molecule has 1 aliphatic carbocycles. The van der Waals surface area contributed by atoms with Crippen molar-refractivity contribution in [1.82, 2.24) is 10.2 Å². The fourth-order valence-corrected chi connectivity index (χ4v) is 3.30. The Bertz CT molecular complexity index is 371. The summed E-state index contributed by atoms with van der Waals surface area (Å²) in [5.41, 5.74) is -0.507. The monoisotopic (exact) mass is 314 g/mol. The van der Waals surface area contributed by atoms with Crippen LogP contribution in [0.5, 0.6) is 0 Å². The summed E-state index contributed by atoms with van der Waals surface area (Å²) in [6, 6.07) is 0.138. The van der Waals surface area contributed by atoms with E-state index in [9.17, 15) is 9.90 Å². The quantitative estimate of drug-likeness (QED) is 0.841. The number of nitrogens with zero attached hydrogens (tertiary/aromatic N) is 1. The molecule has 1 aliphatic rings. The Morgan fingerprint density at radius 2 is 1.82 bits per heavy atom. The van der Waals surface area contributed by atoms with Crippen molar-refractivity contribution in [2.75, 3.05) is 6.54 Å². The Balaban J connectivity index is 2.83. The van der Waals surface area contributed by atoms with Crippen molar-refractivity contribution in [2.45, 2.75) is 97.1 Å². The van der Waals surface area contributed by atoms with E-state index in [-0.39, 0.29) is 29.8 Å². The van der Waals surface area contributed by atoms with E-state index in [1.165, 1.54) is 0 Å². The second-order valence-corrected chi connectivity index (χ2v) is 8.24. The van der Waals surface area contributed by atoms with E-state index in [0.717, 1.165) is 19.4 Å². The van der Waals surface area contributed by atoms with Gasteiger partial charge in [-0.15, -0.1) is 0 Å². The number of likely N-dealkylation sites (N-methyl/N-ethyl adjacent to an activating group) is 1. The van der Waals surface area contributed by atoms with E-state index < -0.39 is 5.60 Å². The van der Waals surface area contributed by atoms with Gasteiger partial charge in [-0.25, -0.2) is 4.79 Å². The van der Waals surface area contributed by atoms with Gasteiger partial charge in [-0.1, -0.05) is 6.92 Å². The first-order chi connectivity index (χ1) is 9.94. The number of hydrogen-bond donors (Lipinski definition) is 2. The third-order valence-corrected chi connectivity index (χ3v) is 4.09. The highest BCUT2D eigenvalue weighted by Crippen LogP contribution is 2.29. The van der Waals surface area contributed by atoms with Crippen LogP contribution in [-0.4, -0.2) is 52.0 Å². The highest BCUT2D eigenvalue weighted by Gasteiger charge is 2.38. The molecule has 130 valence electrons. The summed E-state index contributed by atoms with van der Waals surface area (Å²) in [7, 11) is 0. The molecule has 0 aliphatic heterocycles. The summed E-state index contributed by atoms with van der Waals surface area (Å²) < 4.78 is 5.38. The van der Waals surface area contributed by atoms with Crippen LogP contribution >= 0.6 is 0 Å². The van der Waals surface area contributed by atoms with Crippen molar-refractivity contribution < 1.29 is 14.6 Å². The van der Waals surface area contributed by atoms with E-state index in [1.54, 1.807) is 0 Å². The van der Waals surface area contributed by atoms with Crippen LogP contribution in [0.2, 0.25) is 0 Å². The third kappa shape index (κ3) is 5.76. The minimum absolute atomic E-state index is 0.00958. The summed E-state index contributed by atoms with van der Waals surface area (Å²) in [4.78, 5) is 14.5. The summed E-state index contributed by atoms with van der Waals surface area (Å²) in [6.45, 7) is 15.1. The summed E-state index contributed by atoms with van der Waals surface area (Å²) in [5.74, 6) is 0. The highest BCUT2D eigenvalue weighted by atomic mass is 16.6. The number of carbonyl (C=O) groups is 1. The van der Waals surface area contributed by atoms with E-state index in [2.05, 4.69) is 37.9 Å². The normalized spacial score (nSPS) is 26.9. The van der Waals surface area contributed by atoms with Crippen LogP contribution in [-0.2, 0) is 4.74 Å². The molecule has 1 rings (SSSR count). The van der Waals surface area contributed by atoms with Gasteiger partial charge < -0.3 is 15.2 Å². The lowest BCUT2D eigenvalue weighted by Crippen LogP contribution is -2.60. The molecule has 0 spiro atoms. The van der Waals surface area contributed by atoms with Crippen molar-refractivity contribution in [3.63, 3.8) is 0 Å². The average molecular weight is 314 g/mol. The van der Waals surface area contributed by atoms with Crippen molar-refractivity contribution >= 4 is 6.09 Å². The molecule has 1 saturated carbocycles. The molecule has 5 heteroatoms. The fraction of sp³-hybridized carbons (Fsp3) is 0.941. The van der Waals surface area contributed by atoms with Gasteiger partial charge in [0.05, 0.1) is 6.10 Å². The minimum atomic E-state index is -0.498. The maximum absolute atomic E-state index is 12.1. The number of nitrogens with one attached hydrogen (secondary N) is 1. The van der Waals surface area contributed by atoms with Crippen molar-refractivity contribution in [3.8, 4) is 0 Å². The van der Waals surface area contributed by atoms with Gasteiger partial charge in [-0.05, 0) is 67.3 Å². The molecule has 3 atom stereocenters. The predicted molar refractivity (Wildman–Crippen MR) is 88.9 cm³/mol. The zero-order chi connectivity index (χ0) is 17.1. The van der Waals surface area contributed by atoms with Gasteiger partial charge in [0.15, 0.2) is 0 Å². The number of hydrogen-bond acceptors (Lipinski definition) is 4. The Kier molecular flexibility index (Phi) is 6.27. The Hall–Kier alpha value is -0.810. The van der Waals surface area contributed by atoms with Crippen LogP contribution in [0.25, 0.3) is 0 Å². The first-order valence-corrected chi connectivity index (χ1v) is 8.38. The number of amides is 1. The summed E-state index contributed by atoms with van der Waals surface area (Å²) >= 11 is 0. The van der Waals surface area contributed by atoms with Crippen LogP contribution in [0.15, 0.2) is 0 Å². The molecule has 0 aromatic heterocycles. The second-order valence-electron chi connectivity index (χ2n) is 8.24. The molecule has 1 amide bonds. The predicted octanol–water partition coefficient (Wildman–Crippen LogP) is 2.91. The molecular weight excluding hydrogens is 280 g/mol. The number of aliphatic hydroxyl groups excluding tert-OH is 1. The summed E-state index contributed by atoms with van der Waals surface area (Å²) in [6.07, 6.45) is 1.52. The van der Waals surface area contributed by atoms with Gasteiger partial charge in [0.2, 0.25) is 0 Å². The first-order valence-electron chi connectivity index (χ1n) is 8.38. The molecule has 2 N–H and O–H groups in total. The van der Waals surface area contributed by atoms with Crippen molar-refractivity contribution in [2.24, 2.45) is 0 Å². The largest absolute Gasteiger partial charge is 0.444 e. The van der Waals surface area contributed by atoms with Crippen LogP contribution in [0.3, 0.4) is 0 Å². The number of carbonyl (C=O) groups excluding carboxylic acids is 1. The molecule has 1 fully saturated rings. The van der Waals surface area contributed by atoms with Crippen LogP contribution < -0.4 is 5.32 Å². The van der Waals surface area contributed by atoms with Crippen LogP contribution in [0, 0.1) is 0 Å². The van der Waals surface area contributed by atoms with E-state index >= 15 is 0 Å². The number of aliphatic hydroxyl groups is 1. The van der Waals surface area contributed by atoms with Gasteiger partial charge in [-0.3, -0.25) is 4.90 Å². The maximum Gasteiger partial charge on any atom is 0.407 e. The number of rotatable bonds is 3. The standard InChI is InChI=1S/C17H34N2O3/c1-8-19(16(2,3)4)14-11-12(20)9-10-13(14)18-15(21)22-17(5,6)7/h12-14,20H,8-11H2,1-7H3,(H,18,21). The Morgan fingerprint density at radius 1 is 1.23 bits per heavy atom. The number of ether oxygens (including phenoxy) is 1. The molecule has 0 aromatic carbocycles. The molecule has 3 unspecified atom stereocenters. The maximum atomic E-state index is 12.1. The third-order valence-electron chi connectivity index (χ3n) is 4.09. The lowest BCUT2D eigenvalue weighted by atomic mass is 9.85. The highest BCUT2D eigenvalue weighted by molar-refractivity contribution is 5.68. The first kappa shape index (κ1) is 19.2. The molecule has 0 heterocycles. The smallest absolute Gasteiger partial charge is 0.407 e. The van der Waals surface area contributed by atoms with E-state index in [0.29, 0.717) is 6.42 Å². The molecule has 0 saturated heterocycles. The molecule has 0 radical (unpaired) electrons. The topological polar surface area (TPSA) is 61.8 Å². The van der Waals surface area contributed by atoms with Crippen molar-refractivity contribution in [3.05, 3.63) is 0 Å². The molecule has 0 aromatic rings. The van der Waals surface area contributed by atoms with E-state index in [4.69, 9.17) is 4.74 Å². The second kappa shape index (κ2) is 7.18. The molecular formula is C17H34N2O3. The zero-order valence-electron chi connectivity index (χ0n) is 15.3. The van der Waals surface area contributed by atoms with Gasteiger partial charge in [0.1, 0.15) is 5.60 Å². The van der Waals surface area contributed by atoms with Crippen LogP contribution in [0.1, 0.15) is 67.7 Å². The average Bonchev–Trinajstić information content (AvgIpc) is 2.29. The molecule has 5 nitrogen and oxygen atoms in total.